The van der Waals surface area contributed by atoms with Gasteiger partial charge in [-0.05, 0) is 32.3 Å². The quantitative estimate of drug-likeness (QED) is 0.727. The number of aliphatic hydroxyl groups excluding tert-OH is 1. The summed E-state index contributed by atoms with van der Waals surface area (Å²) in [6, 6.07) is 8.95. The molecule has 0 saturated heterocycles. The highest BCUT2D eigenvalue weighted by atomic mass is 16.5. The van der Waals surface area contributed by atoms with Crippen LogP contribution in [0.15, 0.2) is 34.9 Å². The molecule has 2 atom stereocenters. The van der Waals surface area contributed by atoms with Gasteiger partial charge in [-0.15, -0.1) is 0 Å². The van der Waals surface area contributed by atoms with Gasteiger partial charge in [-0.25, -0.2) is 4.79 Å². The first kappa shape index (κ1) is 18.0. The molecule has 130 valence electrons. The molecule has 3 N–H and O–H groups in total. The summed E-state index contributed by atoms with van der Waals surface area (Å²) < 4.78 is 5.19. The van der Waals surface area contributed by atoms with Gasteiger partial charge in [0.05, 0.1) is 17.8 Å². The van der Waals surface area contributed by atoms with Crippen LogP contribution in [0.25, 0.3) is 0 Å². The Morgan fingerprint density at radius 3 is 2.42 bits per heavy atom. The Kier molecular flexibility index (Phi) is 6.37. The van der Waals surface area contributed by atoms with Crippen LogP contribution in [0.5, 0.6) is 0 Å². The van der Waals surface area contributed by atoms with Gasteiger partial charge in [0.2, 0.25) is 0 Å². The minimum atomic E-state index is -0.274. The van der Waals surface area contributed by atoms with Crippen molar-refractivity contribution in [3.05, 3.63) is 52.9 Å². The van der Waals surface area contributed by atoms with Crippen molar-refractivity contribution in [2.24, 2.45) is 0 Å². The second kappa shape index (κ2) is 8.49. The fourth-order valence-electron chi connectivity index (χ4n) is 2.86. The molecule has 0 radical (unpaired) electrons. The van der Waals surface area contributed by atoms with E-state index in [0.29, 0.717) is 6.42 Å². The van der Waals surface area contributed by atoms with E-state index in [0.717, 1.165) is 29.0 Å². The van der Waals surface area contributed by atoms with E-state index in [2.05, 4.69) is 15.8 Å². The number of amides is 2. The highest BCUT2D eigenvalue weighted by molar-refractivity contribution is 5.75. The van der Waals surface area contributed by atoms with Gasteiger partial charge in [-0.3, -0.25) is 0 Å². The van der Waals surface area contributed by atoms with Crippen LogP contribution in [-0.4, -0.2) is 22.9 Å². The summed E-state index contributed by atoms with van der Waals surface area (Å²) in [7, 11) is 0. The normalized spacial score (nSPS) is 13.3. The van der Waals surface area contributed by atoms with E-state index in [9.17, 15) is 9.90 Å². The molecule has 6 nitrogen and oxygen atoms in total. The number of aromatic nitrogens is 1. The van der Waals surface area contributed by atoms with Crippen LogP contribution in [0, 0.1) is 13.8 Å². The van der Waals surface area contributed by atoms with Crippen LogP contribution in [0.2, 0.25) is 0 Å². The number of hydrogen-bond acceptors (Lipinski definition) is 4. The average molecular weight is 331 g/mol. The Morgan fingerprint density at radius 1 is 1.21 bits per heavy atom. The van der Waals surface area contributed by atoms with Crippen molar-refractivity contribution in [1.82, 2.24) is 15.8 Å². The number of urea groups is 1. The van der Waals surface area contributed by atoms with Gasteiger partial charge in [0.1, 0.15) is 5.76 Å². The Morgan fingerprint density at radius 2 is 1.88 bits per heavy atom. The van der Waals surface area contributed by atoms with E-state index in [4.69, 9.17) is 4.52 Å². The molecule has 2 rings (SSSR count). The van der Waals surface area contributed by atoms with Crippen LogP contribution in [-0.2, 0) is 0 Å². The molecule has 6 heteroatoms. The first-order valence-electron chi connectivity index (χ1n) is 8.22. The number of carbonyl (C=O) groups excluding carboxylic acids is 1. The molecule has 0 bridgehead atoms. The number of rotatable bonds is 7. The molecule has 0 fully saturated rings. The zero-order valence-corrected chi connectivity index (χ0v) is 14.4. The highest BCUT2D eigenvalue weighted by Crippen LogP contribution is 2.24. The number of aliphatic hydroxyl groups is 1. The number of nitrogens with zero attached hydrogens (tertiary/aromatic N) is 1. The molecule has 2 amide bonds. The van der Waals surface area contributed by atoms with Crippen LogP contribution in [0.3, 0.4) is 0 Å². The van der Waals surface area contributed by atoms with E-state index in [1.165, 1.54) is 0 Å². The predicted molar refractivity (Wildman–Crippen MR) is 91.6 cm³/mol. The highest BCUT2D eigenvalue weighted by Gasteiger charge is 2.22. The fraction of sp³-hybridized carbons (Fsp3) is 0.444. The second-order valence-corrected chi connectivity index (χ2v) is 5.79. The molecule has 24 heavy (non-hydrogen) atoms. The molecule has 1 unspecified atom stereocenters. The molecule has 2 aromatic rings. The van der Waals surface area contributed by atoms with Gasteiger partial charge < -0.3 is 20.3 Å². The Bertz CT molecular complexity index is 635. The number of hydrogen-bond donors (Lipinski definition) is 3. The largest absolute Gasteiger partial charge is 0.396 e. The molecule has 0 saturated carbocycles. The summed E-state index contributed by atoms with van der Waals surface area (Å²) >= 11 is 0. The zero-order valence-electron chi connectivity index (χ0n) is 14.4. The Hall–Kier alpha value is -2.34. The molecule has 1 heterocycles. The smallest absolute Gasteiger partial charge is 0.315 e. The van der Waals surface area contributed by atoms with Crippen LogP contribution in [0.1, 0.15) is 54.4 Å². The van der Waals surface area contributed by atoms with Gasteiger partial charge in [-0.2, -0.15) is 0 Å². The third-order valence-electron chi connectivity index (χ3n) is 4.08. The summed E-state index contributed by atoms with van der Waals surface area (Å²) in [6.07, 6.45) is 1.19. The van der Waals surface area contributed by atoms with Gasteiger partial charge >= 0.3 is 6.03 Å². The van der Waals surface area contributed by atoms with Crippen molar-refractivity contribution in [3.63, 3.8) is 0 Å². The average Bonchev–Trinajstić information content (AvgIpc) is 2.92. The number of carbonyl (C=O) groups is 1. The first-order valence-corrected chi connectivity index (χ1v) is 8.22. The Labute approximate surface area is 142 Å². The van der Waals surface area contributed by atoms with Crippen molar-refractivity contribution in [2.45, 2.75) is 45.7 Å². The molecule has 1 aromatic heterocycles. The maximum atomic E-state index is 12.4. The summed E-state index contributed by atoms with van der Waals surface area (Å²) in [5.74, 6) is 0.717. The van der Waals surface area contributed by atoms with E-state index in [-0.39, 0.29) is 24.7 Å². The summed E-state index contributed by atoms with van der Waals surface area (Å²) in [5.41, 5.74) is 2.67. The van der Waals surface area contributed by atoms with Crippen LogP contribution in [0.4, 0.5) is 4.79 Å². The monoisotopic (exact) mass is 331 g/mol. The number of nitrogens with one attached hydrogen (secondary N) is 2. The maximum absolute atomic E-state index is 12.4. The van der Waals surface area contributed by atoms with E-state index < -0.39 is 0 Å². The molecule has 0 aliphatic rings. The van der Waals surface area contributed by atoms with Crippen LogP contribution < -0.4 is 10.6 Å². The third kappa shape index (κ3) is 4.35. The second-order valence-electron chi connectivity index (χ2n) is 5.79. The SMILES string of the molecule is CCC(NC(=O)N[C@H](CCO)c1ccccc1)c1c(C)noc1C. The Balaban J connectivity index is 2.07. The lowest BCUT2D eigenvalue weighted by atomic mass is 10.0. The van der Waals surface area contributed by atoms with Gasteiger partial charge in [0, 0.05) is 12.2 Å². The standard InChI is InChI=1S/C18H25N3O3/c1-4-15(17-12(2)21-24-13(17)3)19-18(23)20-16(10-11-22)14-8-6-5-7-9-14/h5-9,15-16,22H,4,10-11H2,1-3H3,(H2,19,20,23)/t15?,16-/m1/s1. The third-order valence-corrected chi connectivity index (χ3v) is 4.08. The van der Waals surface area contributed by atoms with Gasteiger partial charge in [-0.1, -0.05) is 42.4 Å². The maximum Gasteiger partial charge on any atom is 0.315 e. The minimum Gasteiger partial charge on any atom is -0.396 e. The van der Waals surface area contributed by atoms with E-state index in [1.54, 1.807) is 0 Å². The van der Waals surface area contributed by atoms with Gasteiger partial charge in [0.25, 0.3) is 0 Å². The molecular weight excluding hydrogens is 306 g/mol. The molecule has 0 aliphatic heterocycles. The van der Waals surface area contributed by atoms with Crippen LogP contribution >= 0.6 is 0 Å². The van der Waals surface area contributed by atoms with Crippen molar-refractivity contribution in [2.75, 3.05) is 6.61 Å². The number of aryl methyl sites for hydroxylation is 2. The number of benzene rings is 1. The lowest BCUT2D eigenvalue weighted by Gasteiger charge is -2.22. The summed E-state index contributed by atoms with van der Waals surface area (Å²) in [5, 5.41) is 19.1. The topological polar surface area (TPSA) is 87.4 Å². The minimum absolute atomic E-state index is 0.000907. The van der Waals surface area contributed by atoms with E-state index in [1.807, 2.05) is 51.1 Å². The predicted octanol–water partition coefficient (Wildman–Crippen LogP) is 3.17. The summed E-state index contributed by atoms with van der Waals surface area (Å²) in [4.78, 5) is 12.4. The molecule has 0 aliphatic carbocycles. The van der Waals surface area contributed by atoms with Crippen molar-refractivity contribution >= 4 is 6.03 Å². The van der Waals surface area contributed by atoms with Crippen molar-refractivity contribution in [1.29, 1.82) is 0 Å². The molecule has 1 aromatic carbocycles. The molecule has 0 spiro atoms. The zero-order chi connectivity index (χ0) is 17.5. The molecular formula is C18H25N3O3. The van der Waals surface area contributed by atoms with Gasteiger partial charge in [0.15, 0.2) is 0 Å². The fourth-order valence-corrected chi connectivity index (χ4v) is 2.86. The van der Waals surface area contributed by atoms with E-state index >= 15 is 0 Å². The van der Waals surface area contributed by atoms with Crippen molar-refractivity contribution in [3.8, 4) is 0 Å². The summed E-state index contributed by atoms with van der Waals surface area (Å²) in [6.45, 7) is 5.71. The lowest BCUT2D eigenvalue weighted by Crippen LogP contribution is -2.40. The lowest BCUT2D eigenvalue weighted by molar-refractivity contribution is 0.225. The van der Waals surface area contributed by atoms with Crippen molar-refractivity contribution < 1.29 is 14.4 Å². The first-order chi connectivity index (χ1) is 11.6.